The third-order valence-electron chi connectivity index (χ3n) is 4.42. The van der Waals surface area contributed by atoms with Gasteiger partial charge in [0.1, 0.15) is 0 Å². The summed E-state index contributed by atoms with van der Waals surface area (Å²) >= 11 is 0. The molecule has 1 aromatic rings. The van der Waals surface area contributed by atoms with E-state index < -0.39 is 32.4 Å². The molecule has 1 fully saturated rings. The Bertz CT molecular complexity index is 650. The maximum Gasteiger partial charge on any atom is 0.416 e. The smallest absolute Gasteiger partial charge is 0.375 e. The molecule has 0 aliphatic carbocycles. The monoisotopic (exact) mass is 336 g/mol. The van der Waals surface area contributed by atoms with Crippen molar-refractivity contribution in [3.8, 4) is 0 Å². The van der Waals surface area contributed by atoms with Gasteiger partial charge in [-0.15, -0.1) is 0 Å². The minimum Gasteiger partial charge on any atom is -0.375 e. The molecule has 1 heterocycles. The van der Waals surface area contributed by atoms with Gasteiger partial charge in [0.25, 0.3) is 0 Å². The van der Waals surface area contributed by atoms with Crippen molar-refractivity contribution in [2.45, 2.75) is 49.1 Å². The molecular weight excluding hydrogens is 317 g/mol. The van der Waals surface area contributed by atoms with Crippen LogP contribution in [0.4, 0.5) is 13.2 Å². The number of halogens is 3. The molecule has 1 aliphatic heterocycles. The number of sulfone groups is 1. The molecule has 2 rings (SSSR count). The second-order valence-electron chi connectivity index (χ2n) is 6.14. The zero-order chi connectivity index (χ0) is 16.8. The molecule has 0 spiro atoms. The van der Waals surface area contributed by atoms with Gasteiger partial charge < -0.3 is 4.74 Å². The number of rotatable bonds is 2. The minimum absolute atomic E-state index is 0.278. The van der Waals surface area contributed by atoms with Gasteiger partial charge in [0, 0.05) is 12.5 Å². The summed E-state index contributed by atoms with van der Waals surface area (Å²) in [4.78, 5) is -0.281. The average molecular weight is 336 g/mol. The van der Waals surface area contributed by atoms with Crippen LogP contribution in [0.3, 0.4) is 0 Å². The van der Waals surface area contributed by atoms with Gasteiger partial charge in [-0.25, -0.2) is 8.42 Å². The van der Waals surface area contributed by atoms with Crippen molar-refractivity contribution in [1.29, 1.82) is 0 Å². The van der Waals surface area contributed by atoms with Gasteiger partial charge in [-0.05, 0) is 38.5 Å². The van der Waals surface area contributed by atoms with Gasteiger partial charge in [0.05, 0.1) is 21.3 Å². The first-order valence-corrected chi connectivity index (χ1v) is 8.56. The molecule has 2 unspecified atom stereocenters. The van der Waals surface area contributed by atoms with Crippen LogP contribution in [0.15, 0.2) is 29.2 Å². The third-order valence-corrected chi connectivity index (χ3v) is 6.77. The van der Waals surface area contributed by atoms with Crippen LogP contribution in [-0.2, 0) is 20.8 Å². The first kappa shape index (κ1) is 17.3. The first-order valence-electron chi connectivity index (χ1n) is 7.01. The van der Waals surface area contributed by atoms with Crippen LogP contribution in [0.2, 0.25) is 0 Å². The van der Waals surface area contributed by atoms with Crippen molar-refractivity contribution < 1.29 is 26.3 Å². The third kappa shape index (κ3) is 3.15. The van der Waals surface area contributed by atoms with E-state index in [1.54, 1.807) is 20.8 Å². The van der Waals surface area contributed by atoms with E-state index in [0.717, 1.165) is 12.1 Å². The van der Waals surface area contributed by atoms with Crippen LogP contribution in [0.5, 0.6) is 0 Å². The molecule has 0 amide bonds. The molecule has 0 saturated carbocycles. The van der Waals surface area contributed by atoms with Gasteiger partial charge in [-0.2, -0.15) is 13.2 Å². The quantitative estimate of drug-likeness (QED) is 0.827. The zero-order valence-corrected chi connectivity index (χ0v) is 13.5. The Morgan fingerprint density at radius 1 is 1.27 bits per heavy atom. The molecule has 1 saturated heterocycles. The van der Waals surface area contributed by atoms with E-state index in [4.69, 9.17) is 4.74 Å². The SMILES string of the molecule is CC1C(S(=O)(=O)c2cccc(C(F)(F)F)c2)CCOC1(C)C. The summed E-state index contributed by atoms with van der Waals surface area (Å²) < 4.78 is 69.4. The molecule has 0 aromatic heterocycles. The molecule has 0 bridgehead atoms. The van der Waals surface area contributed by atoms with E-state index >= 15 is 0 Å². The number of benzene rings is 1. The van der Waals surface area contributed by atoms with E-state index in [1.807, 2.05) is 0 Å². The molecule has 3 nitrogen and oxygen atoms in total. The molecule has 7 heteroatoms. The van der Waals surface area contributed by atoms with E-state index in [0.29, 0.717) is 6.07 Å². The molecule has 0 radical (unpaired) electrons. The molecule has 2 atom stereocenters. The van der Waals surface area contributed by atoms with Crippen LogP contribution >= 0.6 is 0 Å². The van der Waals surface area contributed by atoms with E-state index in [9.17, 15) is 21.6 Å². The Morgan fingerprint density at radius 2 is 1.91 bits per heavy atom. The van der Waals surface area contributed by atoms with Crippen molar-refractivity contribution in [3.63, 3.8) is 0 Å². The molecular formula is C15H19F3O3S. The first-order chi connectivity index (χ1) is 9.96. The highest BCUT2D eigenvalue weighted by atomic mass is 32.2. The summed E-state index contributed by atoms with van der Waals surface area (Å²) in [5.41, 5.74) is -1.58. The van der Waals surface area contributed by atoms with Crippen molar-refractivity contribution in [1.82, 2.24) is 0 Å². The Hall–Kier alpha value is -1.08. The highest BCUT2D eigenvalue weighted by Gasteiger charge is 2.44. The Labute approximate surface area is 128 Å². The summed E-state index contributed by atoms with van der Waals surface area (Å²) in [6, 6.07) is 3.94. The van der Waals surface area contributed by atoms with Gasteiger partial charge in [0.15, 0.2) is 9.84 Å². The largest absolute Gasteiger partial charge is 0.416 e. The van der Waals surface area contributed by atoms with E-state index in [2.05, 4.69) is 0 Å². The lowest BCUT2D eigenvalue weighted by molar-refractivity contribution is -0.137. The number of hydrogen-bond acceptors (Lipinski definition) is 3. The lowest BCUT2D eigenvalue weighted by Crippen LogP contribution is -2.48. The lowest BCUT2D eigenvalue weighted by Gasteiger charge is -2.41. The Morgan fingerprint density at radius 3 is 2.50 bits per heavy atom. The summed E-state index contributed by atoms with van der Waals surface area (Å²) in [6.45, 7) is 5.63. The Kier molecular flexibility index (Phi) is 4.34. The summed E-state index contributed by atoms with van der Waals surface area (Å²) in [5, 5.41) is -0.750. The molecule has 1 aliphatic rings. The molecule has 22 heavy (non-hydrogen) atoms. The maximum atomic E-state index is 12.8. The number of hydrogen-bond donors (Lipinski definition) is 0. The fraction of sp³-hybridized carbons (Fsp3) is 0.600. The number of ether oxygens (including phenoxy) is 1. The van der Waals surface area contributed by atoms with Crippen molar-refractivity contribution in [2.75, 3.05) is 6.61 Å². The van der Waals surface area contributed by atoms with Crippen LogP contribution in [0.1, 0.15) is 32.8 Å². The minimum atomic E-state index is -4.56. The zero-order valence-electron chi connectivity index (χ0n) is 12.6. The second kappa shape index (κ2) is 5.53. The molecule has 124 valence electrons. The van der Waals surface area contributed by atoms with E-state index in [1.165, 1.54) is 6.07 Å². The van der Waals surface area contributed by atoms with Gasteiger partial charge in [-0.3, -0.25) is 0 Å². The summed E-state index contributed by atoms with van der Waals surface area (Å²) in [7, 11) is -3.85. The fourth-order valence-corrected chi connectivity index (χ4v) is 4.90. The van der Waals surface area contributed by atoms with Crippen LogP contribution in [0, 0.1) is 5.92 Å². The Balaban J connectivity index is 2.43. The molecule has 1 aromatic carbocycles. The van der Waals surface area contributed by atoms with Gasteiger partial charge in [0.2, 0.25) is 0 Å². The normalized spacial score (nSPS) is 25.9. The van der Waals surface area contributed by atoms with Crippen LogP contribution in [0.25, 0.3) is 0 Å². The summed E-state index contributed by atoms with van der Waals surface area (Å²) in [6.07, 6.45) is -4.28. The average Bonchev–Trinajstić information content (AvgIpc) is 2.41. The van der Waals surface area contributed by atoms with Crippen molar-refractivity contribution in [2.24, 2.45) is 5.92 Å². The second-order valence-corrected chi connectivity index (χ2v) is 8.31. The summed E-state index contributed by atoms with van der Waals surface area (Å²) in [5.74, 6) is -0.319. The lowest BCUT2D eigenvalue weighted by atomic mass is 9.86. The molecule has 0 N–H and O–H groups in total. The fourth-order valence-electron chi connectivity index (χ4n) is 2.72. The van der Waals surface area contributed by atoms with Gasteiger partial charge in [-0.1, -0.05) is 13.0 Å². The highest BCUT2D eigenvalue weighted by molar-refractivity contribution is 7.92. The maximum absolute atomic E-state index is 12.8. The van der Waals surface area contributed by atoms with E-state index in [-0.39, 0.29) is 23.8 Å². The van der Waals surface area contributed by atoms with Crippen molar-refractivity contribution in [3.05, 3.63) is 29.8 Å². The topological polar surface area (TPSA) is 43.4 Å². The van der Waals surface area contributed by atoms with Crippen molar-refractivity contribution >= 4 is 9.84 Å². The predicted octanol–water partition coefficient (Wildman–Crippen LogP) is 3.68. The predicted molar refractivity (Wildman–Crippen MR) is 76.2 cm³/mol. The highest BCUT2D eigenvalue weighted by Crippen LogP contribution is 2.38. The van der Waals surface area contributed by atoms with Crippen LogP contribution in [-0.4, -0.2) is 25.9 Å². The standard InChI is InChI=1S/C15H19F3O3S/c1-10-13(7-8-21-14(10,2)3)22(19,20)12-6-4-5-11(9-12)15(16,17)18/h4-6,9-10,13H,7-8H2,1-3H3. The van der Waals surface area contributed by atoms with Gasteiger partial charge >= 0.3 is 6.18 Å². The number of alkyl halides is 3. The van der Waals surface area contributed by atoms with Crippen LogP contribution < -0.4 is 0 Å².